The molecule has 1 aliphatic rings. The van der Waals surface area contributed by atoms with E-state index in [-0.39, 0.29) is 35.1 Å². The Kier molecular flexibility index (Phi) is 3.94. The summed E-state index contributed by atoms with van der Waals surface area (Å²) < 4.78 is 0. The van der Waals surface area contributed by atoms with Gasteiger partial charge in [0.15, 0.2) is 0 Å². The Morgan fingerprint density at radius 3 is 2.73 bits per heavy atom. The maximum atomic E-state index is 12.3. The molecule has 0 amide bonds. The number of aromatic amines is 1. The number of nitrogens with one attached hydrogen (secondary N) is 2. The summed E-state index contributed by atoms with van der Waals surface area (Å²) in [5.41, 5.74) is 0.855. The van der Waals surface area contributed by atoms with Crippen LogP contribution in [0.1, 0.15) is 5.82 Å². The molecule has 8 heteroatoms. The van der Waals surface area contributed by atoms with Crippen LogP contribution >= 0.6 is 23.2 Å². The summed E-state index contributed by atoms with van der Waals surface area (Å²) in [6.07, 6.45) is 0. The maximum absolute atomic E-state index is 12.3. The number of nitrogens with zero attached hydrogens (tertiary/aromatic N) is 2. The molecule has 130 valence electrons. The summed E-state index contributed by atoms with van der Waals surface area (Å²) in [5, 5.41) is 20.1. The SMILES string of the molecule is N=C1C(c2nc3ccccc3c(=O)[nH]2)=C(O)CN1c1ccc(Cl)cc1Cl. The van der Waals surface area contributed by atoms with Crippen molar-refractivity contribution in [2.24, 2.45) is 0 Å². The number of hydrogen-bond donors (Lipinski definition) is 3. The zero-order valence-corrected chi connectivity index (χ0v) is 14.8. The number of para-hydroxylation sites is 1. The fourth-order valence-corrected chi connectivity index (χ4v) is 3.45. The molecule has 0 bridgehead atoms. The lowest BCUT2D eigenvalue weighted by Gasteiger charge is -2.20. The predicted molar refractivity (Wildman–Crippen MR) is 103 cm³/mol. The second kappa shape index (κ2) is 6.16. The van der Waals surface area contributed by atoms with Crippen LogP contribution in [0.15, 0.2) is 53.0 Å². The van der Waals surface area contributed by atoms with E-state index in [0.29, 0.717) is 26.6 Å². The predicted octanol–water partition coefficient (Wildman–Crippen LogP) is 4.00. The van der Waals surface area contributed by atoms with E-state index in [9.17, 15) is 9.90 Å². The quantitative estimate of drug-likeness (QED) is 0.620. The first-order valence-corrected chi connectivity index (χ1v) is 8.44. The number of halogens is 2. The molecule has 0 radical (unpaired) electrons. The average Bonchev–Trinajstić information content (AvgIpc) is 2.89. The molecule has 0 fully saturated rings. The van der Waals surface area contributed by atoms with Gasteiger partial charge < -0.3 is 15.0 Å². The molecule has 3 aromatic rings. The summed E-state index contributed by atoms with van der Waals surface area (Å²) in [5.74, 6) is 0.0633. The molecule has 0 spiro atoms. The number of hydrogen-bond acceptors (Lipinski definition) is 4. The van der Waals surface area contributed by atoms with Crippen LogP contribution in [0.25, 0.3) is 16.5 Å². The van der Waals surface area contributed by atoms with Crippen LogP contribution in [-0.2, 0) is 0 Å². The number of fused-ring (bicyclic) bond motifs is 1. The third kappa shape index (κ3) is 2.64. The van der Waals surface area contributed by atoms with E-state index in [1.54, 1.807) is 42.5 Å². The van der Waals surface area contributed by atoms with E-state index < -0.39 is 0 Å². The van der Waals surface area contributed by atoms with Gasteiger partial charge in [-0.25, -0.2) is 4.98 Å². The van der Waals surface area contributed by atoms with E-state index in [1.165, 1.54) is 4.90 Å². The Labute approximate surface area is 157 Å². The van der Waals surface area contributed by atoms with Crippen LogP contribution in [0, 0.1) is 5.41 Å². The molecule has 0 atom stereocenters. The van der Waals surface area contributed by atoms with Crippen molar-refractivity contribution < 1.29 is 5.11 Å². The number of aliphatic hydroxyl groups is 1. The minimum absolute atomic E-state index is 0.00912. The molecule has 1 aliphatic heterocycles. The molecule has 4 rings (SSSR count). The Morgan fingerprint density at radius 2 is 1.96 bits per heavy atom. The van der Waals surface area contributed by atoms with Crippen LogP contribution in [0.3, 0.4) is 0 Å². The van der Waals surface area contributed by atoms with E-state index in [1.807, 2.05) is 0 Å². The lowest BCUT2D eigenvalue weighted by Crippen LogP contribution is -2.27. The molecule has 1 aromatic heterocycles. The topological polar surface area (TPSA) is 93.1 Å². The van der Waals surface area contributed by atoms with Gasteiger partial charge in [-0.2, -0.15) is 0 Å². The van der Waals surface area contributed by atoms with Gasteiger partial charge in [-0.3, -0.25) is 10.2 Å². The van der Waals surface area contributed by atoms with Gasteiger partial charge in [-0.15, -0.1) is 0 Å². The van der Waals surface area contributed by atoms with Crippen molar-refractivity contribution >= 4 is 51.2 Å². The van der Waals surface area contributed by atoms with Crippen LogP contribution < -0.4 is 10.5 Å². The highest BCUT2D eigenvalue weighted by atomic mass is 35.5. The van der Waals surface area contributed by atoms with Crippen molar-refractivity contribution in [3.05, 3.63) is 74.4 Å². The molecular formula is C18H12Cl2N4O2. The molecule has 2 heterocycles. The Morgan fingerprint density at radius 1 is 1.19 bits per heavy atom. The van der Waals surface area contributed by atoms with Crippen molar-refractivity contribution in [2.45, 2.75) is 0 Å². The first kappa shape index (κ1) is 16.6. The van der Waals surface area contributed by atoms with Gasteiger partial charge in [-0.1, -0.05) is 35.3 Å². The Hall–Kier alpha value is -2.83. The van der Waals surface area contributed by atoms with Crippen molar-refractivity contribution in [1.82, 2.24) is 9.97 Å². The molecule has 0 saturated carbocycles. The van der Waals surface area contributed by atoms with E-state index in [4.69, 9.17) is 28.6 Å². The van der Waals surface area contributed by atoms with Gasteiger partial charge in [0.2, 0.25) is 0 Å². The van der Waals surface area contributed by atoms with Crippen molar-refractivity contribution in [3.63, 3.8) is 0 Å². The van der Waals surface area contributed by atoms with Gasteiger partial charge in [0.1, 0.15) is 17.4 Å². The normalized spacial score (nSPS) is 14.5. The van der Waals surface area contributed by atoms with Gasteiger partial charge in [-0.05, 0) is 30.3 Å². The van der Waals surface area contributed by atoms with Crippen molar-refractivity contribution in [2.75, 3.05) is 11.4 Å². The number of rotatable bonds is 2. The highest BCUT2D eigenvalue weighted by molar-refractivity contribution is 6.38. The van der Waals surface area contributed by atoms with Crippen LogP contribution in [0.5, 0.6) is 0 Å². The monoisotopic (exact) mass is 386 g/mol. The van der Waals surface area contributed by atoms with Crippen molar-refractivity contribution in [3.8, 4) is 0 Å². The first-order valence-electron chi connectivity index (χ1n) is 7.69. The lowest BCUT2D eigenvalue weighted by atomic mass is 10.2. The van der Waals surface area contributed by atoms with Crippen LogP contribution in [0.2, 0.25) is 10.0 Å². The minimum atomic E-state index is -0.332. The molecule has 3 N–H and O–H groups in total. The number of aromatic nitrogens is 2. The van der Waals surface area contributed by atoms with Gasteiger partial charge in [0.05, 0.1) is 33.7 Å². The summed E-state index contributed by atoms with van der Waals surface area (Å²) in [7, 11) is 0. The Balaban J connectivity index is 1.79. The van der Waals surface area contributed by atoms with Gasteiger partial charge >= 0.3 is 0 Å². The first-order chi connectivity index (χ1) is 12.5. The smallest absolute Gasteiger partial charge is 0.259 e. The highest BCUT2D eigenvalue weighted by Crippen LogP contribution is 2.35. The third-order valence-electron chi connectivity index (χ3n) is 4.15. The fourth-order valence-electron chi connectivity index (χ4n) is 2.94. The summed E-state index contributed by atoms with van der Waals surface area (Å²) >= 11 is 12.1. The summed E-state index contributed by atoms with van der Waals surface area (Å²) in [6.45, 7) is 0.0477. The third-order valence-corrected chi connectivity index (χ3v) is 4.69. The Bertz CT molecular complexity index is 1150. The largest absolute Gasteiger partial charge is 0.509 e. The van der Waals surface area contributed by atoms with Gasteiger partial charge in [0, 0.05) is 5.02 Å². The molecular weight excluding hydrogens is 375 g/mol. The number of H-pyrrole nitrogens is 1. The number of aliphatic hydroxyl groups excluding tert-OH is 1. The second-order valence-corrected chi connectivity index (χ2v) is 6.63. The highest BCUT2D eigenvalue weighted by Gasteiger charge is 2.32. The molecule has 0 unspecified atom stereocenters. The number of benzene rings is 2. The van der Waals surface area contributed by atoms with Crippen LogP contribution in [-0.4, -0.2) is 27.5 Å². The number of anilines is 1. The zero-order valence-electron chi connectivity index (χ0n) is 13.3. The molecule has 0 saturated heterocycles. The number of amidine groups is 1. The molecule has 6 nitrogen and oxygen atoms in total. The molecule has 26 heavy (non-hydrogen) atoms. The second-order valence-electron chi connectivity index (χ2n) is 5.78. The zero-order chi connectivity index (χ0) is 18.4. The maximum Gasteiger partial charge on any atom is 0.259 e. The van der Waals surface area contributed by atoms with E-state index in [0.717, 1.165) is 0 Å². The lowest BCUT2D eigenvalue weighted by molar-refractivity contribution is 0.411. The summed E-state index contributed by atoms with van der Waals surface area (Å²) in [6, 6.07) is 11.8. The van der Waals surface area contributed by atoms with Crippen molar-refractivity contribution in [1.29, 1.82) is 5.41 Å². The fraction of sp³-hybridized carbons (Fsp3) is 0.0556. The summed E-state index contributed by atoms with van der Waals surface area (Å²) in [4.78, 5) is 20.9. The minimum Gasteiger partial charge on any atom is -0.509 e. The molecule has 0 aliphatic carbocycles. The average molecular weight is 387 g/mol. The van der Waals surface area contributed by atoms with E-state index in [2.05, 4.69) is 9.97 Å². The van der Waals surface area contributed by atoms with Crippen LogP contribution in [0.4, 0.5) is 5.69 Å². The standard InChI is InChI=1S/C18H12Cl2N4O2/c19-9-5-6-13(11(20)7-9)24-8-14(25)15(16(24)21)17-22-12-4-2-1-3-10(12)18(26)23-17/h1-7,21,25H,8H2,(H,22,23,26). The van der Waals surface area contributed by atoms with Gasteiger partial charge in [0.25, 0.3) is 5.56 Å². The van der Waals surface area contributed by atoms with E-state index >= 15 is 0 Å². The molecule has 2 aromatic carbocycles.